The van der Waals surface area contributed by atoms with Crippen molar-refractivity contribution in [3.05, 3.63) is 23.9 Å². The number of ether oxygens (including phenoxy) is 1. The van der Waals surface area contributed by atoms with Gasteiger partial charge in [0, 0.05) is 25.5 Å². The van der Waals surface area contributed by atoms with Crippen LogP contribution in [0, 0.1) is 6.92 Å². The van der Waals surface area contributed by atoms with Crippen LogP contribution in [0.5, 0.6) is 0 Å². The highest BCUT2D eigenvalue weighted by atomic mass is 16.5. The molecule has 0 fully saturated rings. The summed E-state index contributed by atoms with van der Waals surface area (Å²) in [5.41, 5.74) is 1.05. The molecule has 1 aromatic rings. The number of aryl methyl sites for hydroxylation is 1. The summed E-state index contributed by atoms with van der Waals surface area (Å²) < 4.78 is 5.26. The van der Waals surface area contributed by atoms with E-state index in [1.54, 1.807) is 0 Å². The number of nitrogens with one attached hydrogen (secondary N) is 1. The van der Waals surface area contributed by atoms with Gasteiger partial charge in [0.25, 0.3) is 0 Å². The van der Waals surface area contributed by atoms with Gasteiger partial charge in [-0.1, -0.05) is 6.07 Å². The molecule has 0 aliphatic heterocycles. The van der Waals surface area contributed by atoms with Crippen LogP contribution >= 0.6 is 0 Å². The highest BCUT2D eigenvalue weighted by molar-refractivity contribution is 5.34. The SMILES string of the molecule is CCOCCCCNc1cccc(C)n1. The van der Waals surface area contributed by atoms with E-state index in [-0.39, 0.29) is 0 Å². The number of pyridine rings is 1. The van der Waals surface area contributed by atoms with E-state index < -0.39 is 0 Å². The molecule has 1 rings (SSSR count). The Balaban J connectivity index is 2.10. The maximum absolute atomic E-state index is 5.26. The summed E-state index contributed by atoms with van der Waals surface area (Å²) in [6.07, 6.45) is 2.22. The van der Waals surface area contributed by atoms with Crippen LogP contribution in [0.3, 0.4) is 0 Å². The second kappa shape index (κ2) is 7.23. The topological polar surface area (TPSA) is 34.1 Å². The Bertz CT molecular complexity index is 276. The molecule has 0 radical (unpaired) electrons. The highest BCUT2D eigenvalue weighted by Gasteiger charge is 1.93. The third-order valence-corrected chi connectivity index (χ3v) is 2.11. The van der Waals surface area contributed by atoms with Crippen molar-refractivity contribution in [1.82, 2.24) is 4.98 Å². The zero-order chi connectivity index (χ0) is 10.9. The summed E-state index contributed by atoms with van der Waals surface area (Å²) in [5, 5.41) is 3.30. The van der Waals surface area contributed by atoms with Gasteiger partial charge in [-0.2, -0.15) is 0 Å². The minimum Gasteiger partial charge on any atom is -0.382 e. The molecule has 0 aliphatic rings. The predicted octanol–water partition coefficient (Wildman–Crippen LogP) is 2.62. The zero-order valence-electron chi connectivity index (χ0n) is 9.62. The van der Waals surface area contributed by atoms with Crippen LogP contribution in [0.15, 0.2) is 18.2 Å². The predicted molar refractivity (Wildman–Crippen MR) is 63.2 cm³/mol. The van der Waals surface area contributed by atoms with Crippen molar-refractivity contribution < 1.29 is 4.74 Å². The second-order valence-corrected chi connectivity index (χ2v) is 3.50. The first-order valence-electron chi connectivity index (χ1n) is 5.58. The molecule has 84 valence electrons. The maximum Gasteiger partial charge on any atom is 0.126 e. The first kappa shape index (κ1) is 12.0. The third kappa shape index (κ3) is 5.37. The molecule has 0 aliphatic carbocycles. The van der Waals surface area contributed by atoms with Crippen LogP contribution in [-0.4, -0.2) is 24.7 Å². The summed E-state index contributed by atoms with van der Waals surface area (Å²) in [5.74, 6) is 0.964. The van der Waals surface area contributed by atoms with Crippen molar-refractivity contribution in [3.63, 3.8) is 0 Å². The second-order valence-electron chi connectivity index (χ2n) is 3.50. The molecule has 1 N–H and O–H groups in total. The third-order valence-electron chi connectivity index (χ3n) is 2.11. The van der Waals surface area contributed by atoms with Gasteiger partial charge in [-0.25, -0.2) is 4.98 Å². The van der Waals surface area contributed by atoms with Gasteiger partial charge in [-0.05, 0) is 38.8 Å². The fourth-order valence-electron chi connectivity index (χ4n) is 1.33. The van der Waals surface area contributed by atoms with E-state index >= 15 is 0 Å². The molecule has 0 atom stereocenters. The quantitative estimate of drug-likeness (QED) is 0.699. The molecule has 0 saturated carbocycles. The molecule has 15 heavy (non-hydrogen) atoms. The monoisotopic (exact) mass is 208 g/mol. The molecule has 0 aromatic carbocycles. The van der Waals surface area contributed by atoms with Crippen LogP contribution in [-0.2, 0) is 4.74 Å². The molecular weight excluding hydrogens is 188 g/mol. The molecule has 3 nitrogen and oxygen atoms in total. The van der Waals surface area contributed by atoms with Gasteiger partial charge in [0.15, 0.2) is 0 Å². The van der Waals surface area contributed by atoms with Crippen molar-refractivity contribution in [2.24, 2.45) is 0 Å². The van der Waals surface area contributed by atoms with E-state index in [9.17, 15) is 0 Å². The maximum atomic E-state index is 5.26. The average Bonchev–Trinajstić information content (AvgIpc) is 2.23. The van der Waals surface area contributed by atoms with Crippen LogP contribution in [0.25, 0.3) is 0 Å². The Morgan fingerprint density at radius 3 is 2.93 bits per heavy atom. The van der Waals surface area contributed by atoms with Gasteiger partial charge in [0.05, 0.1) is 0 Å². The first-order valence-corrected chi connectivity index (χ1v) is 5.58. The Labute approximate surface area is 91.9 Å². The molecule has 1 heterocycles. The lowest BCUT2D eigenvalue weighted by Gasteiger charge is -2.05. The van der Waals surface area contributed by atoms with Crippen LogP contribution in [0.4, 0.5) is 5.82 Å². The number of unbranched alkanes of at least 4 members (excludes halogenated alkanes) is 1. The number of hydrogen-bond acceptors (Lipinski definition) is 3. The van der Waals surface area contributed by atoms with Crippen LogP contribution in [0.1, 0.15) is 25.5 Å². The minimum atomic E-state index is 0.812. The summed E-state index contributed by atoms with van der Waals surface area (Å²) in [6, 6.07) is 6.01. The summed E-state index contributed by atoms with van der Waals surface area (Å²) in [6.45, 7) is 6.66. The zero-order valence-corrected chi connectivity index (χ0v) is 9.62. The molecule has 3 heteroatoms. The number of aromatic nitrogens is 1. The molecule has 0 unspecified atom stereocenters. The Morgan fingerprint density at radius 2 is 2.20 bits per heavy atom. The largest absolute Gasteiger partial charge is 0.382 e. The van der Waals surface area contributed by atoms with Gasteiger partial charge in [-0.15, -0.1) is 0 Å². The fourth-order valence-corrected chi connectivity index (χ4v) is 1.33. The van der Waals surface area contributed by atoms with E-state index in [0.717, 1.165) is 44.1 Å². The summed E-state index contributed by atoms with van der Waals surface area (Å²) >= 11 is 0. The van der Waals surface area contributed by atoms with Crippen molar-refractivity contribution in [3.8, 4) is 0 Å². The normalized spacial score (nSPS) is 10.3. The Hall–Kier alpha value is -1.09. The smallest absolute Gasteiger partial charge is 0.126 e. The lowest BCUT2D eigenvalue weighted by molar-refractivity contribution is 0.144. The number of nitrogens with zero attached hydrogens (tertiary/aromatic N) is 1. The van der Waals surface area contributed by atoms with Gasteiger partial charge < -0.3 is 10.1 Å². The minimum absolute atomic E-state index is 0.812. The average molecular weight is 208 g/mol. The molecule has 1 aromatic heterocycles. The van der Waals surface area contributed by atoms with Crippen molar-refractivity contribution in [2.45, 2.75) is 26.7 Å². The summed E-state index contributed by atoms with van der Waals surface area (Å²) in [4.78, 5) is 4.36. The Kier molecular flexibility index (Phi) is 5.78. The standard InChI is InChI=1S/C12H20N2O/c1-3-15-10-5-4-9-13-12-8-6-7-11(2)14-12/h6-8H,3-5,9-10H2,1-2H3,(H,13,14). The van der Waals surface area contributed by atoms with E-state index in [0.29, 0.717) is 0 Å². The van der Waals surface area contributed by atoms with Gasteiger partial charge in [0.2, 0.25) is 0 Å². The van der Waals surface area contributed by atoms with Crippen LogP contribution < -0.4 is 5.32 Å². The van der Waals surface area contributed by atoms with Gasteiger partial charge in [0.1, 0.15) is 5.82 Å². The lowest BCUT2D eigenvalue weighted by atomic mass is 10.3. The van der Waals surface area contributed by atoms with Crippen LogP contribution in [0.2, 0.25) is 0 Å². The lowest BCUT2D eigenvalue weighted by Crippen LogP contribution is -2.05. The van der Waals surface area contributed by atoms with E-state index in [4.69, 9.17) is 4.74 Å². The van der Waals surface area contributed by atoms with Gasteiger partial charge in [-0.3, -0.25) is 0 Å². The number of hydrogen-bond donors (Lipinski definition) is 1. The molecule has 0 spiro atoms. The Morgan fingerprint density at radius 1 is 1.33 bits per heavy atom. The van der Waals surface area contributed by atoms with Crippen molar-refractivity contribution in [1.29, 1.82) is 0 Å². The molecule has 0 saturated heterocycles. The van der Waals surface area contributed by atoms with Crippen molar-refractivity contribution >= 4 is 5.82 Å². The van der Waals surface area contributed by atoms with Crippen molar-refractivity contribution in [2.75, 3.05) is 25.1 Å². The summed E-state index contributed by atoms with van der Waals surface area (Å²) in [7, 11) is 0. The van der Waals surface area contributed by atoms with Gasteiger partial charge >= 0.3 is 0 Å². The van der Waals surface area contributed by atoms with E-state index in [2.05, 4.69) is 10.3 Å². The van der Waals surface area contributed by atoms with E-state index in [1.807, 2.05) is 32.0 Å². The van der Waals surface area contributed by atoms with E-state index in [1.165, 1.54) is 0 Å². The number of anilines is 1. The molecular formula is C12H20N2O. The molecule has 0 bridgehead atoms. The molecule has 0 amide bonds. The fraction of sp³-hybridized carbons (Fsp3) is 0.583. The number of rotatable bonds is 7. The highest BCUT2D eigenvalue weighted by Crippen LogP contribution is 2.03. The first-order chi connectivity index (χ1) is 7.33.